The van der Waals surface area contributed by atoms with E-state index in [0.717, 1.165) is 32.2 Å². The van der Waals surface area contributed by atoms with Crippen molar-refractivity contribution in [2.24, 2.45) is 11.7 Å². The summed E-state index contributed by atoms with van der Waals surface area (Å²) < 4.78 is 0. The molecule has 1 heterocycles. The van der Waals surface area contributed by atoms with Crippen molar-refractivity contribution in [1.82, 2.24) is 4.90 Å². The van der Waals surface area contributed by atoms with Crippen LogP contribution in [0.25, 0.3) is 0 Å². The van der Waals surface area contributed by atoms with Crippen LogP contribution in [0.3, 0.4) is 0 Å². The van der Waals surface area contributed by atoms with Crippen LogP contribution in [0.4, 0.5) is 0 Å². The van der Waals surface area contributed by atoms with E-state index in [0.29, 0.717) is 4.99 Å². The van der Waals surface area contributed by atoms with E-state index in [1.807, 2.05) is 4.90 Å². The Morgan fingerprint density at radius 2 is 2.00 bits per heavy atom. The first-order valence-electron chi connectivity index (χ1n) is 5.30. The number of likely N-dealkylation sites (tertiary alicyclic amines) is 1. The largest absolute Gasteiger partial charge is 0.392 e. The summed E-state index contributed by atoms with van der Waals surface area (Å²) in [7, 11) is 0. The Morgan fingerprint density at radius 3 is 2.50 bits per heavy atom. The zero-order valence-corrected chi connectivity index (χ0v) is 9.05. The lowest BCUT2D eigenvalue weighted by Gasteiger charge is -2.32. The Labute approximate surface area is 89.6 Å². The van der Waals surface area contributed by atoms with Gasteiger partial charge in [-0.3, -0.25) is 4.79 Å². The Bertz CT molecular complexity index is 263. The third-order valence-electron chi connectivity index (χ3n) is 3.32. The maximum atomic E-state index is 12.0. The molecule has 3 nitrogen and oxygen atoms in total. The maximum Gasteiger partial charge on any atom is 0.226 e. The highest BCUT2D eigenvalue weighted by Gasteiger charge is 2.36. The van der Waals surface area contributed by atoms with Crippen LogP contribution in [-0.2, 0) is 4.79 Å². The van der Waals surface area contributed by atoms with Gasteiger partial charge in [0.2, 0.25) is 5.91 Å². The Hall–Kier alpha value is -0.640. The molecule has 4 heteroatoms. The summed E-state index contributed by atoms with van der Waals surface area (Å²) >= 11 is 4.98. The van der Waals surface area contributed by atoms with Gasteiger partial charge in [-0.05, 0) is 25.7 Å². The van der Waals surface area contributed by atoms with Gasteiger partial charge >= 0.3 is 0 Å². The molecule has 78 valence electrons. The van der Waals surface area contributed by atoms with Crippen molar-refractivity contribution in [3.63, 3.8) is 0 Å². The highest BCUT2D eigenvalue weighted by atomic mass is 32.1. The molecule has 2 N–H and O–H groups in total. The second-order valence-electron chi connectivity index (χ2n) is 4.22. The molecule has 2 rings (SSSR count). The first-order valence-corrected chi connectivity index (χ1v) is 5.71. The third-order valence-corrected chi connectivity index (χ3v) is 3.59. The summed E-state index contributed by atoms with van der Waals surface area (Å²) in [6, 6.07) is 0.0399. The summed E-state index contributed by atoms with van der Waals surface area (Å²) in [5, 5.41) is 0. The van der Waals surface area contributed by atoms with Gasteiger partial charge in [0.15, 0.2) is 0 Å². The molecule has 0 aromatic heterocycles. The predicted octanol–water partition coefficient (Wildman–Crippen LogP) is 1.06. The van der Waals surface area contributed by atoms with Gasteiger partial charge < -0.3 is 10.6 Å². The lowest BCUT2D eigenvalue weighted by atomic mass is 9.84. The molecule has 0 radical (unpaired) electrons. The number of hydrogen-bond donors (Lipinski definition) is 1. The summed E-state index contributed by atoms with van der Waals surface area (Å²) in [5.74, 6) is 0.552. The minimum absolute atomic E-state index is 0.0399. The SMILES string of the molecule is NC(=S)C1CCCN1C(=O)C1CCC1. The van der Waals surface area contributed by atoms with Crippen LogP contribution in [0.1, 0.15) is 32.1 Å². The van der Waals surface area contributed by atoms with Gasteiger partial charge in [-0.2, -0.15) is 0 Å². The van der Waals surface area contributed by atoms with Crippen molar-refractivity contribution in [3.05, 3.63) is 0 Å². The topological polar surface area (TPSA) is 46.3 Å². The highest BCUT2D eigenvalue weighted by molar-refractivity contribution is 7.80. The van der Waals surface area contributed by atoms with E-state index >= 15 is 0 Å². The zero-order valence-electron chi connectivity index (χ0n) is 8.24. The highest BCUT2D eigenvalue weighted by Crippen LogP contribution is 2.31. The van der Waals surface area contributed by atoms with Gasteiger partial charge in [0, 0.05) is 12.5 Å². The Balaban J connectivity index is 2.01. The van der Waals surface area contributed by atoms with E-state index in [-0.39, 0.29) is 17.9 Å². The molecule has 1 aliphatic heterocycles. The molecule has 2 fully saturated rings. The lowest BCUT2D eigenvalue weighted by molar-refractivity contribution is -0.137. The zero-order chi connectivity index (χ0) is 10.1. The average Bonchev–Trinajstić information content (AvgIpc) is 2.47. The van der Waals surface area contributed by atoms with Crippen LogP contribution < -0.4 is 5.73 Å². The Morgan fingerprint density at radius 1 is 1.29 bits per heavy atom. The van der Waals surface area contributed by atoms with E-state index in [4.69, 9.17) is 18.0 Å². The fourth-order valence-electron chi connectivity index (χ4n) is 2.22. The fraction of sp³-hybridized carbons (Fsp3) is 0.800. The molecule has 0 spiro atoms. The molecule has 1 unspecified atom stereocenters. The average molecular weight is 212 g/mol. The van der Waals surface area contributed by atoms with Gasteiger partial charge in [-0.15, -0.1) is 0 Å². The van der Waals surface area contributed by atoms with E-state index in [1.54, 1.807) is 0 Å². The smallest absolute Gasteiger partial charge is 0.226 e. The first kappa shape index (κ1) is 9.90. The van der Waals surface area contributed by atoms with E-state index in [9.17, 15) is 4.79 Å². The van der Waals surface area contributed by atoms with Crippen LogP contribution in [0.2, 0.25) is 0 Å². The molecular formula is C10H16N2OS. The van der Waals surface area contributed by atoms with Gasteiger partial charge in [0.25, 0.3) is 0 Å². The van der Waals surface area contributed by atoms with E-state index < -0.39 is 0 Å². The minimum atomic E-state index is 0.0399. The van der Waals surface area contributed by atoms with Crippen LogP contribution in [0, 0.1) is 5.92 Å². The molecule has 1 aliphatic carbocycles. The molecular weight excluding hydrogens is 196 g/mol. The fourth-order valence-corrected chi connectivity index (χ4v) is 2.46. The quantitative estimate of drug-likeness (QED) is 0.696. The molecule has 0 aromatic carbocycles. The first-order chi connectivity index (χ1) is 6.70. The van der Waals surface area contributed by atoms with Gasteiger partial charge in [0.1, 0.15) is 0 Å². The summed E-state index contributed by atoms with van der Waals surface area (Å²) in [6.07, 6.45) is 5.30. The van der Waals surface area contributed by atoms with E-state index in [2.05, 4.69) is 0 Å². The number of amides is 1. The molecule has 1 saturated heterocycles. The van der Waals surface area contributed by atoms with Crippen LogP contribution in [-0.4, -0.2) is 28.4 Å². The monoisotopic (exact) mass is 212 g/mol. The van der Waals surface area contributed by atoms with Crippen molar-refractivity contribution >= 4 is 23.1 Å². The van der Waals surface area contributed by atoms with Crippen molar-refractivity contribution in [3.8, 4) is 0 Å². The molecule has 14 heavy (non-hydrogen) atoms. The van der Waals surface area contributed by atoms with E-state index in [1.165, 1.54) is 6.42 Å². The lowest BCUT2D eigenvalue weighted by Crippen LogP contribution is -2.46. The number of carbonyl (C=O) groups excluding carboxylic acids is 1. The van der Waals surface area contributed by atoms with Gasteiger partial charge in [-0.1, -0.05) is 18.6 Å². The number of nitrogens with two attached hydrogens (primary N) is 1. The van der Waals surface area contributed by atoms with Crippen LogP contribution in [0.15, 0.2) is 0 Å². The van der Waals surface area contributed by atoms with Crippen molar-refractivity contribution in [2.75, 3.05) is 6.54 Å². The standard InChI is InChI=1S/C10H16N2OS/c11-9(14)8-5-2-6-12(8)10(13)7-3-1-4-7/h7-8H,1-6H2,(H2,11,14). The molecule has 2 aliphatic rings. The summed E-state index contributed by atoms with van der Waals surface area (Å²) in [6.45, 7) is 0.845. The third kappa shape index (κ3) is 1.63. The molecule has 0 bridgehead atoms. The van der Waals surface area contributed by atoms with Gasteiger partial charge in [-0.25, -0.2) is 0 Å². The Kier molecular flexibility index (Phi) is 2.72. The number of hydrogen-bond acceptors (Lipinski definition) is 2. The van der Waals surface area contributed by atoms with Crippen molar-refractivity contribution in [2.45, 2.75) is 38.1 Å². The summed E-state index contributed by atoms with van der Waals surface area (Å²) in [5.41, 5.74) is 5.62. The maximum absolute atomic E-state index is 12.0. The number of thiocarbonyl (C=S) groups is 1. The van der Waals surface area contributed by atoms with Crippen molar-refractivity contribution in [1.29, 1.82) is 0 Å². The number of nitrogens with zero attached hydrogens (tertiary/aromatic N) is 1. The molecule has 0 aromatic rings. The number of rotatable bonds is 2. The molecule has 1 atom stereocenters. The number of carbonyl (C=O) groups is 1. The summed E-state index contributed by atoms with van der Waals surface area (Å²) in [4.78, 5) is 14.3. The molecule has 1 saturated carbocycles. The molecule has 1 amide bonds. The normalized spacial score (nSPS) is 27.4. The second-order valence-corrected chi connectivity index (χ2v) is 4.69. The predicted molar refractivity (Wildman–Crippen MR) is 58.9 cm³/mol. The van der Waals surface area contributed by atoms with Crippen LogP contribution >= 0.6 is 12.2 Å². The second kappa shape index (κ2) is 3.85. The van der Waals surface area contributed by atoms with Crippen LogP contribution in [0.5, 0.6) is 0 Å². The van der Waals surface area contributed by atoms with Crippen molar-refractivity contribution < 1.29 is 4.79 Å². The van der Waals surface area contributed by atoms with Gasteiger partial charge in [0.05, 0.1) is 11.0 Å². The minimum Gasteiger partial charge on any atom is -0.392 e.